The molecule has 0 radical (unpaired) electrons. The molecule has 0 saturated carbocycles. The number of carbonyl (C=O) groups excluding carboxylic acids is 2. The molecule has 0 aliphatic carbocycles. The second kappa shape index (κ2) is 7.78. The molecule has 7 nitrogen and oxygen atoms in total. The quantitative estimate of drug-likeness (QED) is 0.802. The Balaban J connectivity index is 1.92. The first-order valence-electron chi connectivity index (χ1n) is 8.86. The van der Waals surface area contributed by atoms with Gasteiger partial charge in [-0.25, -0.2) is 4.79 Å². The molecule has 140 valence electrons. The number of piperidine rings is 1. The number of fused-ring (bicyclic) bond motifs is 1. The molecule has 2 N–H and O–H groups in total. The summed E-state index contributed by atoms with van der Waals surface area (Å²) in [7, 11) is 2.87. The van der Waals surface area contributed by atoms with Crippen LogP contribution in [0.25, 0.3) is 10.9 Å². The first-order chi connectivity index (χ1) is 12.5. The van der Waals surface area contributed by atoms with Gasteiger partial charge in [0.05, 0.1) is 37.4 Å². The van der Waals surface area contributed by atoms with Gasteiger partial charge in [-0.3, -0.25) is 9.69 Å². The number of benzene rings is 1. The zero-order valence-electron chi connectivity index (χ0n) is 15.4. The number of methoxy groups -OCH3 is 2. The predicted molar refractivity (Wildman–Crippen MR) is 99.7 cm³/mol. The van der Waals surface area contributed by atoms with Gasteiger partial charge in [-0.1, -0.05) is 12.5 Å². The fourth-order valence-corrected chi connectivity index (χ4v) is 3.52. The van der Waals surface area contributed by atoms with Gasteiger partial charge in [0.1, 0.15) is 11.4 Å². The molecule has 0 unspecified atom stereocenters. The van der Waals surface area contributed by atoms with Crippen LogP contribution in [0, 0.1) is 0 Å². The van der Waals surface area contributed by atoms with Crippen molar-refractivity contribution < 1.29 is 19.1 Å². The number of nitrogens with zero attached hydrogens (tertiary/aromatic N) is 1. The Bertz CT molecular complexity index is 814. The van der Waals surface area contributed by atoms with Crippen molar-refractivity contribution in [3.63, 3.8) is 0 Å². The van der Waals surface area contributed by atoms with Gasteiger partial charge in [0.2, 0.25) is 5.91 Å². The molecule has 2 heterocycles. The zero-order valence-corrected chi connectivity index (χ0v) is 15.4. The largest absolute Gasteiger partial charge is 0.496 e. The summed E-state index contributed by atoms with van der Waals surface area (Å²) in [4.78, 5) is 30.0. The molecule has 1 aliphatic heterocycles. The van der Waals surface area contributed by atoms with Crippen LogP contribution in [0.2, 0.25) is 0 Å². The Kier molecular flexibility index (Phi) is 5.46. The van der Waals surface area contributed by atoms with Crippen LogP contribution in [0.4, 0.5) is 5.69 Å². The van der Waals surface area contributed by atoms with Crippen LogP contribution in [0.15, 0.2) is 18.2 Å². The second-order valence-electron chi connectivity index (χ2n) is 6.61. The van der Waals surface area contributed by atoms with Crippen molar-refractivity contribution in [2.45, 2.75) is 32.2 Å². The highest BCUT2D eigenvalue weighted by molar-refractivity contribution is 6.13. The average molecular weight is 359 g/mol. The van der Waals surface area contributed by atoms with E-state index in [0.29, 0.717) is 34.9 Å². The van der Waals surface area contributed by atoms with Crippen LogP contribution in [0.5, 0.6) is 5.75 Å². The SMILES string of the molecule is COC(=O)c1[nH]c2cccc(OC)c2c1NC(=O)CN1CCCC[C@H]1C. The van der Waals surface area contributed by atoms with Crippen molar-refractivity contribution in [2.24, 2.45) is 0 Å². The van der Waals surface area contributed by atoms with E-state index in [1.165, 1.54) is 13.5 Å². The number of aromatic amines is 1. The zero-order chi connectivity index (χ0) is 18.7. The number of amides is 1. The molecule has 1 aromatic carbocycles. The Morgan fingerprint density at radius 1 is 1.31 bits per heavy atom. The molecule has 1 amide bonds. The van der Waals surface area contributed by atoms with Gasteiger partial charge >= 0.3 is 5.97 Å². The number of aromatic nitrogens is 1. The van der Waals surface area contributed by atoms with Gasteiger partial charge in [-0.05, 0) is 38.4 Å². The molecule has 1 atom stereocenters. The maximum atomic E-state index is 12.7. The maximum absolute atomic E-state index is 12.7. The lowest BCUT2D eigenvalue weighted by Gasteiger charge is -2.32. The van der Waals surface area contributed by atoms with Crippen molar-refractivity contribution in [3.05, 3.63) is 23.9 Å². The molecule has 3 rings (SSSR count). The first kappa shape index (κ1) is 18.3. The van der Waals surface area contributed by atoms with Crippen LogP contribution in [0.1, 0.15) is 36.7 Å². The topological polar surface area (TPSA) is 83.7 Å². The second-order valence-corrected chi connectivity index (χ2v) is 6.61. The molecule has 1 aliphatic rings. The number of carbonyl (C=O) groups is 2. The standard InChI is InChI=1S/C19H25N3O4/c1-12-7-4-5-10-22(12)11-15(23)21-17-16-13(8-6-9-14(16)25-2)20-18(17)19(24)26-3/h6,8-9,12,20H,4-5,7,10-11H2,1-3H3,(H,21,23)/t12-/m1/s1. The Hall–Kier alpha value is -2.54. The number of nitrogens with one attached hydrogen (secondary N) is 2. The van der Waals surface area contributed by atoms with Crippen LogP contribution in [0.3, 0.4) is 0 Å². The molecule has 1 fully saturated rings. The molecular weight excluding hydrogens is 334 g/mol. The summed E-state index contributed by atoms with van der Waals surface area (Å²) in [5.41, 5.74) is 1.32. The molecule has 1 aromatic heterocycles. The maximum Gasteiger partial charge on any atom is 0.356 e. The van der Waals surface area contributed by atoms with Crippen molar-refractivity contribution in [3.8, 4) is 5.75 Å². The van der Waals surface area contributed by atoms with E-state index in [-0.39, 0.29) is 11.6 Å². The minimum absolute atomic E-state index is 0.157. The third-order valence-corrected chi connectivity index (χ3v) is 4.95. The number of hydrogen-bond acceptors (Lipinski definition) is 5. The number of ether oxygens (including phenoxy) is 2. The van der Waals surface area contributed by atoms with Crippen LogP contribution < -0.4 is 10.1 Å². The fraction of sp³-hybridized carbons (Fsp3) is 0.474. The molecule has 26 heavy (non-hydrogen) atoms. The molecule has 7 heteroatoms. The number of hydrogen-bond donors (Lipinski definition) is 2. The van der Waals surface area contributed by atoms with Gasteiger partial charge in [0.15, 0.2) is 0 Å². The summed E-state index contributed by atoms with van der Waals surface area (Å²) >= 11 is 0. The van der Waals surface area contributed by atoms with E-state index in [0.717, 1.165) is 19.4 Å². The third-order valence-electron chi connectivity index (χ3n) is 4.95. The number of likely N-dealkylation sites (tertiary alicyclic amines) is 1. The summed E-state index contributed by atoms with van der Waals surface area (Å²) in [6.45, 7) is 3.35. The molecule has 1 saturated heterocycles. The minimum atomic E-state index is -0.537. The lowest BCUT2D eigenvalue weighted by atomic mass is 10.0. The normalized spacial score (nSPS) is 17.9. The van der Waals surface area contributed by atoms with Gasteiger partial charge in [-0.2, -0.15) is 0 Å². The van der Waals surface area contributed by atoms with Crippen molar-refractivity contribution in [2.75, 3.05) is 32.6 Å². The van der Waals surface area contributed by atoms with E-state index in [1.54, 1.807) is 13.2 Å². The molecule has 2 aromatic rings. The average Bonchev–Trinajstić information content (AvgIpc) is 3.01. The highest BCUT2D eigenvalue weighted by atomic mass is 16.5. The Morgan fingerprint density at radius 3 is 2.81 bits per heavy atom. The van der Waals surface area contributed by atoms with Gasteiger partial charge in [0, 0.05) is 6.04 Å². The predicted octanol–water partition coefficient (Wildman–Crippen LogP) is 2.78. The molecule has 0 spiro atoms. The van der Waals surface area contributed by atoms with E-state index in [4.69, 9.17) is 9.47 Å². The number of anilines is 1. The van der Waals surface area contributed by atoms with Gasteiger partial charge in [0.25, 0.3) is 0 Å². The summed E-state index contributed by atoms with van der Waals surface area (Å²) in [6.07, 6.45) is 3.40. The van der Waals surface area contributed by atoms with Crippen LogP contribution in [-0.2, 0) is 9.53 Å². The smallest absolute Gasteiger partial charge is 0.356 e. The summed E-state index contributed by atoms with van der Waals surface area (Å²) in [5.74, 6) is -0.115. The number of H-pyrrole nitrogens is 1. The lowest BCUT2D eigenvalue weighted by Crippen LogP contribution is -2.42. The third kappa shape index (κ3) is 3.53. The summed E-state index contributed by atoms with van der Waals surface area (Å²) < 4.78 is 10.3. The fourth-order valence-electron chi connectivity index (χ4n) is 3.52. The molecule has 0 bridgehead atoms. The van der Waals surface area contributed by atoms with Crippen molar-refractivity contribution >= 4 is 28.5 Å². The van der Waals surface area contributed by atoms with Crippen molar-refractivity contribution in [1.82, 2.24) is 9.88 Å². The first-order valence-corrected chi connectivity index (χ1v) is 8.86. The van der Waals surface area contributed by atoms with Gasteiger partial charge in [-0.15, -0.1) is 0 Å². The lowest BCUT2D eigenvalue weighted by molar-refractivity contribution is -0.118. The minimum Gasteiger partial charge on any atom is -0.496 e. The Labute approximate surface area is 152 Å². The summed E-state index contributed by atoms with van der Waals surface area (Å²) in [5, 5.41) is 3.56. The van der Waals surface area contributed by atoms with Crippen LogP contribution in [-0.4, -0.2) is 55.1 Å². The van der Waals surface area contributed by atoms with E-state index in [9.17, 15) is 9.59 Å². The highest BCUT2D eigenvalue weighted by Crippen LogP contribution is 2.35. The van der Waals surface area contributed by atoms with E-state index in [1.807, 2.05) is 12.1 Å². The monoisotopic (exact) mass is 359 g/mol. The van der Waals surface area contributed by atoms with E-state index >= 15 is 0 Å². The summed E-state index contributed by atoms with van der Waals surface area (Å²) in [6, 6.07) is 5.82. The van der Waals surface area contributed by atoms with E-state index in [2.05, 4.69) is 22.1 Å². The van der Waals surface area contributed by atoms with E-state index < -0.39 is 5.97 Å². The molecular formula is C19H25N3O4. The Morgan fingerprint density at radius 2 is 2.12 bits per heavy atom. The van der Waals surface area contributed by atoms with Gasteiger partial charge < -0.3 is 19.8 Å². The van der Waals surface area contributed by atoms with Crippen molar-refractivity contribution in [1.29, 1.82) is 0 Å². The highest BCUT2D eigenvalue weighted by Gasteiger charge is 2.25. The number of rotatable bonds is 5. The van der Waals surface area contributed by atoms with Crippen LogP contribution >= 0.6 is 0 Å². The number of esters is 1.